The van der Waals surface area contributed by atoms with Crippen LogP contribution in [0.1, 0.15) is 23.7 Å². The van der Waals surface area contributed by atoms with Gasteiger partial charge >= 0.3 is 11.9 Å². The number of hydrogen-bond donors (Lipinski definition) is 1. The predicted octanol–water partition coefficient (Wildman–Crippen LogP) is 2.08. The van der Waals surface area contributed by atoms with Crippen molar-refractivity contribution in [3.8, 4) is 0 Å². The molecule has 1 aromatic carbocycles. The smallest absolute Gasteiger partial charge is 0.339 e. The van der Waals surface area contributed by atoms with Gasteiger partial charge in [-0.15, -0.1) is 0 Å². The van der Waals surface area contributed by atoms with Crippen molar-refractivity contribution in [3.05, 3.63) is 29.8 Å². The van der Waals surface area contributed by atoms with Gasteiger partial charge in [-0.25, -0.2) is 4.79 Å². The molecule has 0 saturated carbocycles. The summed E-state index contributed by atoms with van der Waals surface area (Å²) in [7, 11) is 2.70. The maximum Gasteiger partial charge on any atom is 0.339 e. The summed E-state index contributed by atoms with van der Waals surface area (Å²) in [5, 5.41) is 3.09. The number of ether oxygens (including phenoxy) is 2. The van der Waals surface area contributed by atoms with E-state index in [9.17, 15) is 9.59 Å². The van der Waals surface area contributed by atoms with Crippen molar-refractivity contribution in [2.24, 2.45) is 5.92 Å². The summed E-state index contributed by atoms with van der Waals surface area (Å²) in [6.45, 7) is 2.33. The average Bonchev–Trinajstić information content (AvgIpc) is 2.47. The van der Waals surface area contributed by atoms with Crippen molar-refractivity contribution in [2.45, 2.75) is 13.3 Å². The fraction of sp³-hybridized carbons (Fsp3) is 0.429. The number of para-hydroxylation sites is 1. The van der Waals surface area contributed by atoms with E-state index in [1.165, 1.54) is 14.2 Å². The van der Waals surface area contributed by atoms with Crippen molar-refractivity contribution in [2.75, 3.05) is 26.1 Å². The first-order valence-corrected chi connectivity index (χ1v) is 6.13. The van der Waals surface area contributed by atoms with Crippen LogP contribution >= 0.6 is 0 Å². The number of anilines is 1. The molecule has 0 aliphatic rings. The molecular weight excluding hydrogens is 246 g/mol. The molecule has 1 atom stereocenters. The highest BCUT2D eigenvalue weighted by Crippen LogP contribution is 2.17. The van der Waals surface area contributed by atoms with Gasteiger partial charge in [0.25, 0.3) is 0 Å². The number of carbonyl (C=O) groups is 2. The summed E-state index contributed by atoms with van der Waals surface area (Å²) < 4.78 is 9.43. The van der Waals surface area contributed by atoms with Crippen LogP contribution in [0.5, 0.6) is 0 Å². The van der Waals surface area contributed by atoms with Crippen LogP contribution in [-0.2, 0) is 14.3 Å². The molecule has 0 saturated heterocycles. The topological polar surface area (TPSA) is 64.6 Å². The van der Waals surface area contributed by atoms with E-state index >= 15 is 0 Å². The third-order valence-corrected chi connectivity index (χ3v) is 2.90. The van der Waals surface area contributed by atoms with Crippen molar-refractivity contribution < 1.29 is 19.1 Å². The largest absolute Gasteiger partial charge is 0.469 e. The maximum atomic E-state index is 11.6. The molecule has 0 radical (unpaired) electrons. The monoisotopic (exact) mass is 265 g/mol. The molecule has 1 unspecified atom stereocenters. The zero-order valence-electron chi connectivity index (χ0n) is 11.4. The van der Waals surface area contributed by atoms with Gasteiger partial charge in [-0.2, -0.15) is 0 Å². The summed E-state index contributed by atoms with van der Waals surface area (Å²) in [5.74, 6) is -0.907. The zero-order chi connectivity index (χ0) is 14.3. The number of nitrogens with one attached hydrogen (secondary N) is 1. The standard InChI is InChI=1S/C14H19NO4/c1-4-10(13(16)18-2)9-15-12-8-6-5-7-11(12)14(17)19-3/h5-8,10,15H,4,9H2,1-3H3. The molecule has 1 N–H and O–H groups in total. The van der Waals surface area contributed by atoms with Crippen LogP contribution in [0.4, 0.5) is 5.69 Å². The molecule has 0 bridgehead atoms. The second kappa shape index (κ2) is 7.41. The van der Waals surface area contributed by atoms with Crippen molar-refractivity contribution >= 4 is 17.6 Å². The number of esters is 2. The van der Waals surface area contributed by atoms with Crippen LogP contribution in [0, 0.1) is 5.92 Å². The van der Waals surface area contributed by atoms with Gasteiger partial charge in [0, 0.05) is 12.2 Å². The summed E-state index contributed by atoms with van der Waals surface area (Å²) in [5.41, 5.74) is 1.10. The third kappa shape index (κ3) is 3.98. The lowest BCUT2D eigenvalue weighted by molar-refractivity contribution is -0.145. The summed E-state index contributed by atoms with van der Waals surface area (Å²) in [6, 6.07) is 7.02. The second-order valence-electron chi connectivity index (χ2n) is 4.05. The van der Waals surface area contributed by atoms with Gasteiger partial charge < -0.3 is 14.8 Å². The third-order valence-electron chi connectivity index (χ3n) is 2.90. The minimum absolute atomic E-state index is 0.240. The van der Waals surface area contributed by atoms with Crippen LogP contribution in [0.3, 0.4) is 0 Å². The lowest BCUT2D eigenvalue weighted by Crippen LogP contribution is -2.24. The van der Waals surface area contributed by atoms with Crippen LogP contribution in [-0.4, -0.2) is 32.7 Å². The van der Waals surface area contributed by atoms with Gasteiger partial charge in [-0.05, 0) is 18.6 Å². The number of benzene rings is 1. The first-order chi connectivity index (χ1) is 9.13. The Morgan fingerprint density at radius 1 is 1.21 bits per heavy atom. The Morgan fingerprint density at radius 3 is 2.47 bits per heavy atom. The molecule has 104 valence electrons. The van der Waals surface area contributed by atoms with Crippen molar-refractivity contribution in [1.29, 1.82) is 0 Å². The quantitative estimate of drug-likeness (QED) is 0.798. The van der Waals surface area contributed by atoms with Gasteiger partial charge in [0.05, 0.1) is 25.7 Å². The molecule has 1 aromatic rings. The number of carbonyl (C=O) groups excluding carboxylic acids is 2. The molecule has 0 aliphatic heterocycles. The summed E-state index contributed by atoms with van der Waals surface area (Å²) in [4.78, 5) is 23.1. The molecule has 5 heteroatoms. The van der Waals surface area contributed by atoms with Crippen LogP contribution in [0.15, 0.2) is 24.3 Å². The fourth-order valence-electron chi connectivity index (χ4n) is 1.72. The Balaban J connectivity index is 2.77. The van der Waals surface area contributed by atoms with Crippen LogP contribution in [0.25, 0.3) is 0 Å². The van der Waals surface area contributed by atoms with Gasteiger partial charge in [-0.1, -0.05) is 19.1 Å². The normalized spacial score (nSPS) is 11.5. The lowest BCUT2D eigenvalue weighted by Gasteiger charge is -2.15. The highest BCUT2D eigenvalue weighted by molar-refractivity contribution is 5.95. The number of methoxy groups -OCH3 is 2. The highest BCUT2D eigenvalue weighted by Gasteiger charge is 2.18. The number of hydrogen-bond acceptors (Lipinski definition) is 5. The number of rotatable bonds is 6. The predicted molar refractivity (Wildman–Crippen MR) is 72.1 cm³/mol. The summed E-state index contributed by atoms with van der Waals surface area (Å²) in [6.07, 6.45) is 0.667. The van der Waals surface area contributed by atoms with Gasteiger partial charge in [0.2, 0.25) is 0 Å². The zero-order valence-corrected chi connectivity index (χ0v) is 11.4. The molecule has 0 aliphatic carbocycles. The fourth-order valence-corrected chi connectivity index (χ4v) is 1.72. The Kier molecular flexibility index (Phi) is 5.85. The Labute approximate surface area is 112 Å². The van der Waals surface area contributed by atoms with Crippen LogP contribution in [0.2, 0.25) is 0 Å². The van der Waals surface area contributed by atoms with Crippen molar-refractivity contribution in [3.63, 3.8) is 0 Å². The minimum Gasteiger partial charge on any atom is -0.469 e. The molecular formula is C14H19NO4. The molecule has 0 fully saturated rings. The van der Waals surface area contributed by atoms with E-state index in [1.807, 2.05) is 13.0 Å². The first kappa shape index (κ1) is 15.0. The minimum atomic E-state index is -0.408. The molecule has 0 aromatic heterocycles. The molecule has 0 amide bonds. The van der Waals surface area contributed by atoms with Gasteiger partial charge in [-0.3, -0.25) is 4.79 Å². The van der Waals surface area contributed by atoms with E-state index in [-0.39, 0.29) is 11.9 Å². The Bertz CT molecular complexity index is 445. The van der Waals surface area contributed by atoms with Gasteiger partial charge in [0.15, 0.2) is 0 Å². The van der Waals surface area contributed by atoms with E-state index < -0.39 is 5.97 Å². The molecule has 0 heterocycles. The van der Waals surface area contributed by atoms with Crippen molar-refractivity contribution in [1.82, 2.24) is 0 Å². The maximum absolute atomic E-state index is 11.6. The van der Waals surface area contributed by atoms with Gasteiger partial charge in [0.1, 0.15) is 0 Å². The second-order valence-corrected chi connectivity index (χ2v) is 4.05. The van der Waals surface area contributed by atoms with E-state index in [0.717, 1.165) is 0 Å². The molecule has 5 nitrogen and oxygen atoms in total. The molecule has 1 rings (SSSR count). The summed E-state index contributed by atoms with van der Waals surface area (Å²) >= 11 is 0. The van der Waals surface area contributed by atoms with E-state index in [2.05, 4.69) is 5.32 Å². The lowest BCUT2D eigenvalue weighted by atomic mass is 10.1. The first-order valence-electron chi connectivity index (χ1n) is 6.13. The average molecular weight is 265 g/mol. The SMILES string of the molecule is CCC(CNc1ccccc1C(=O)OC)C(=O)OC. The highest BCUT2D eigenvalue weighted by atomic mass is 16.5. The van der Waals surface area contributed by atoms with E-state index in [1.54, 1.807) is 18.2 Å². The van der Waals surface area contributed by atoms with E-state index in [4.69, 9.17) is 9.47 Å². The molecule has 19 heavy (non-hydrogen) atoms. The Morgan fingerprint density at radius 2 is 1.89 bits per heavy atom. The molecule has 0 spiro atoms. The Hall–Kier alpha value is -2.04. The van der Waals surface area contributed by atoms with E-state index in [0.29, 0.717) is 24.2 Å². The van der Waals surface area contributed by atoms with Crippen LogP contribution < -0.4 is 5.32 Å².